The molecule has 112 valence electrons. The second-order valence-corrected chi connectivity index (χ2v) is 7.10. The summed E-state index contributed by atoms with van der Waals surface area (Å²) in [5.41, 5.74) is 6.24. The third-order valence-corrected chi connectivity index (χ3v) is 4.87. The minimum absolute atomic E-state index is 0.00958. The molecule has 0 aliphatic heterocycles. The molecule has 0 radical (unpaired) electrons. The van der Waals surface area contributed by atoms with E-state index in [4.69, 9.17) is 22.1 Å². The van der Waals surface area contributed by atoms with E-state index < -0.39 is 9.84 Å². The number of hydrogen-bond acceptors (Lipinski definition) is 4. The van der Waals surface area contributed by atoms with Gasteiger partial charge < -0.3 is 10.5 Å². The maximum Gasteiger partial charge on any atom is 0.178 e. The number of benzene rings is 2. The fraction of sp³-hybridized carbons (Fsp3) is 0.200. The van der Waals surface area contributed by atoms with Crippen molar-refractivity contribution in [2.24, 2.45) is 0 Å². The van der Waals surface area contributed by atoms with Crippen LogP contribution in [-0.2, 0) is 9.84 Å². The summed E-state index contributed by atoms with van der Waals surface area (Å²) in [6.45, 7) is 0.309. The molecule has 0 saturated heterocycles. The standard InChI is InChI=1S/C15H16ClNO3S/c16-12-4-1-7-15(10-12)21(18,19)9-3-8-20-14-6-2-5-13(17)11-14/h1-2,4-7,10-11H,3,8-9,17H2. The molecule has 0 unspecified atom stereocenters. The number of anilines is 1. The van der Waals surface area contributed by atoms with Crippen molar-refractivity contribution < 1.29 is 13.2 Å². The van der Waals surface area contributed by atoms with Crippen LogP contribution in [0.4, 0.5) is 5.69 Å². The average Bonchev–Trinajstić information content (AvgIpc) is 2.44. The molecule has 0 bridgehead atoms. The molecule has 2 N–H and O–H groups in total. The van der Waals surface area contributed by atoms with E-state index in [2.05, 4.69) is 0 Å². The van der Waals surface area contributed by atoms with Crippen molar-refractivity contribution in [2.45, 2.75) is 11.3 Å². The average molecular weight is 326 g/mol. The van der Waals surface area contributed by atoms with Crippen LogP contribution >= 0.6 is 11.6 Å². The first kappa shape index (κ1) is 15.7. The first-order chi connectivity index (χ1) is 9.97. The number of nitrogen functional groups attached to an aromatic ring is 1. The Kier molecular flexibility index (Phi) is 5.09. The molecule has 6 heteroatoms. The minimum Gasteiger partial charge on any atom is -0.493 e. The van der Waals surface area contributed by atoms with Gasteiger partial charge in [0.15, 0.2) is 9.84 Å². The maximum absolute atomic E-state index is 12.1. The lowest BCUT2D eigenvalue weighted by atomic mass is 10.3. The Hall–Kier alpha value is -1.72. The summed E-state index contributed by atoms with van der Waals surface area (Å²) < 4.78 is 29.7. The Morgan fingerprint density at radius 2 is 1.86 bits per heavy atom. The van der Waals surface area contributed by atoms with Gasteiger partial charge in [-0.15, -0.1) is 0 Å². The molecule has 0 aromatic heterocycles. The Morgan fingerprint density at radius 1 is 1.10 bits per heavy atom. The van der Waals surface area contributed by atoms with Crippen LogP contribution in [0.3, 0.4) is 0 Å². The van der Waals surface area contributed by atoms with Crippen LogP contribution in [0, 0.1) is 0 Å². The van der Waals surface area contributed by atoms with Gasteiger partial charge >= 0.3 is 0 Å². The number of nitrogens with two attached hydrogens (primary N) is 1. The van der Waals surface area contributed by atoms with Gasteiger partial charge in [0.2, 0.25) is 0 Å². The molecule has 2 rings (SSSR count). The van der Waals surface area contributed by atoms with Gasteiger partial charge in [0.25, 0.3) is 0 Å². The van der Waals surface area contributed by atoms with Crippen LogP contribution in [-0.4, -0.2) is 20.8 Å². The molecule has 2 aromatic carbocycles. The van der Waals surface area contributed by atoms with Gasteiger partial charge in [-0.25, -0.2) is 8.42 Å². The fourth-order valence-corrected chi connectivity index (χ4v) is 3.40. The van der Waals surface area contributed by atoms with Crippen molar-refractivity contribution in [3.8, 4) is 5.75 Å². The van der Waals surface area contributed by atoms with Gasteiger partial charge in [0.05, 0.1) is 17.3 Å². The van der Waals surface area contributed by atoms with Gasteiger partial charge in [-0.3, -0.25) is 0 Å². The second-order valence-electron chi connectivity index (χ2n) is 4.55. The topological polar surface area (TPSA) is 69.4 Å². The van der Waals surface area contributed by atoms with Crippen LogP contribution in [0.1, 0.15) is 6.42 Å². The highest BCUT2D eigenvalue weighted by atomic mass is 35.5. The molecule has 0 fully saturated rings. The van der Waals surface area contributed by atoms with E-state index in [0.29, 0.717) is 29.5 Å². The van der Waals surface area contributed by atoms with E-state index in [9.17, 15) is 8.42 Å². The highest BCUT2D eigenvalue weighted by Crippen LogP contribution is 2.18. The van der Waals surface area contributed by atoms with Crippen molar-refractivity contribution in [1.82, 2.24) is 0 Å². The summed E-state index contributed by atoms with van der Waals surface area (Å²) in [4.78, 5) is 0.235. The van der Waals surface area contributed by atoms with E-state index in [1.165, 1.54) is 6.07 Å². The van der Waals surface area contributed by atoms with Crippen molar-refractivity contribution in [2.75, 3.05) is 18.1 Å². The summed E-state index contributed by atoms with van der Waals surface area (Å²) in [6, 6.07) is 13.3. The maximum atomic E-state index is 12.1. The molecule has 0 atom stereocenters. The van der Waals surface area contributed by atoms with Crippen molar-refractivity contribution in [3.63, 3.8) is 0 Å². The molecule has 0 amide bonds. The normalized spacial score (nSPS) is 11.3. The number of hydrogen-bond donors (Lipinski definition) is 1. The van der Waals surface area contributed by atoms with E-state index in [-0.39, 0.29) is 10.6 Å². The second kappa shape index (κ2) is 6.83. The molecular formula is C15H16ClNO3S. The number of rotatable bonds is 6. The molecular weight excluding hydrogens is 310 g/mol. The molecule has 21 heavy (non-hydrogen) atoms. The summed E-state index contributed by atoms with van der Waals surface area (Å²) >= 11 is 5.81. The first-order valence-electron chi connectivity index (χ1n) is 6.44. The van der Waals surface area contributed by atoms with Crippen molar-refractivity contribution >= 4 is 27.1 Å². The Bertz CT molecular complexity index is 716. The molecule has 0 saturated carbocycles. The summed E-state index contributed by atoms with van der Waals surface area (Å²) in [5.74, 6) is 0.644. The monoisotopic (exact) mass is 325 g/mol. The van der Waals surface area contributed by atoms with Gasteiger partial charge in [0.1, 0.15) is 5.75 Å². The molecule has 2 aromatic rings. The van der Waals surface area contributed by atoms with Gasteiger partial charge in [-0.2, -0.15) is 0 Å². The fourth-order valence-electron chi connectivity index (χ4n) is 1.82. The molecule has 0 aliphatic rings. The van der Waals surface area contributed by atoms with E-state index in [1.807, 2.05) is 0 Å². The zero-order valence-corrected chi connectivity index (χ0v) is 12.9. The van der Waals surface area contributed by atoms with Gasteiger partial charge in [-0.1, -0.05) is 23.7 Å². The lowest BCUT2D eigenvalue weighted by Gasteiger charge is -2.08. The Labute approximate surface area is 129 Å². The minimum atomic E-state index is -3.33. The lowest BCUT2D eigenvalue weighted by Crippen LogP contribution is -2.10. The van der Waals surface area contributed by atoms with E-state index in [0.717, 1.165) is 0 Å². The third-order valence-electron chi connectivity index (χ3n) is 2.84. The Morgan fingerprint density at radius 3 is 2.57 bits per heavy atom. The van der Waals surface area contributed by atoms with E-state index >= 15 is 0 Å². The smallest absolute Gasteiger partial charge is 0.178 e. The van der Waals surface area contributed by atoms with Gasteiger partial charge in [0, 0.05) is 16.8 Å². The zero-order chi connectivity index (χ0) is 15.3. The predicted octanol–water partition coefficient (Wildman–Crippen LogP) is 3.17. The molecule has 0 aliphatic carbocycles. The van der Waals surface area contributed by atoms with Crippen LogP contribution < -0.4 is 10.5 Å². The van der Waals surface area contributed by atoms with Gasteiger partial charge in [-0.05, 0) is 36.8 Å². The van der Waals surface area contributed by atoms with Crippen molar-refractivity contribution in [3.05, 3.63) is 53.6 Å². The number of ether oxygens (including phenoxy) is 1. The highest BCUT2D eigenvalue weighted by molar-refractivity contribution is 7.91. The molecule has 0 heterocycles. The predicted molar refractivity (Wildman–Crippen MR) is 84.5 cm³/mol. The highest BCUT2D eigenvalue weighted by Gasteiger charge is 2.14. The summed E-state index contributed by atoms with van der Waals surface area (Å²) in [6.07, 6.45) is 0.393. The van der Waals surface area contributed by atoms with Crippen LogP contribution in [0.15, 0.2) is 53.4 Å². The zero-order valence-electron chi connectivity index (χ0n) is 11.3. The van der Waals surface area contributed by atoms with Crippen LogP contribution in [0.25, 0.3) is 0 Å². The lowest BCUT2D eigenvalue weighted by molar-refractivity contribution is 0.318. The number of halogens is 1. The Balaban J connectivity index is 1.88. The van der Waals surface area contributed by atoms with Crippen LogP contribution in [0.5, 0.6) is 5.75 Å². The summed E-state index contributed by atoms with van der Waals surface area (Å²) in [7, 11) is -3.33. The van der Waals surface area contributed by atoms with Crippen molar-refractivity contribution in [1.29, 1.82) is 0 Å². The quantitative estimate of drug-likeness (QED) is 0.654. The largest absolute Gasteiger partial charge is 0.493 e. The first-order valence-corrected chi connectivity index (χ1v) is 8.47. The third kappa shape index (κ3) is 4.65. The summed E-state index contributed by atoms with van der Waals surface area (Å²) in [5, 5.41) is 0.409. The van der Waals surface area contributed by atoms with E-state index in [1.54, 1.807) is 42.5 Å². The molecule has 0 spiro atoms. The number of sulfone groups is 1. The van der Waals surface area contributed by atoms with Crippen LogP contribution in [0.2, 0.25) is 5.02 Å². The molecule has 4 nitrogen and oxygen atoms in total. The SMILES string of the molecule is Nc1cccc(OCCCS(=O)(=O)c2cccc(Cl)c2)c1.